The van der Waals surface area contributed by atoms with Gasteiger partial charge in [-0.1, -0.05) is 28.1 Å². The number of amides is 2. The first-order valence-electron chi connectivity index (χ1n) is 8.11. The number of benzene rings is 1. The molecule has 0 saturated carbocycles. The number of nitrogens with one attached hydrogen (secondary N) is 2. The van der Waals surface area contributed by atoms with Crippen LogP contribution in [0.2, 0.25) is 0 Å². The highest BCUT2D eigenvalue weighted by Gasteiger charge is 2.15. The van der Waals surface area contributed by atoms with Gasteiger partial charge in [0.1, 0.15) is 11.5 Å². The molecule has 27 heavy (non-hydrogen) atoms. The van der Waals surface area contributed by atoms with E-state index in [1.54, 1.807) is 60.9 Å². The van der Waals surface area contributed by atoms with Crippen LogP contribution in [-0.2, 0) is 11.3 Å². The lowest BCUT2D eigenvalue weighted by atomic mass is 10.2. The van der Waals surface area contributed by atoms with E-state index in [4.69, 9.17) is 4.42 Å². The van der Waals surface area contributed by atoms with E-state index in [0.29, 0.717) is 16.9 Å². The summed E-state index contributed by atoms with van der Waals surface area (Å²) in [5, 5.41) is 5.40. The predicted molar refractivity (Wildman–Crippen MR) is 104 cm³/mol. The predicted octanol–water partition coefficient (Wildman–Crippen LogP) is 3.52. The smallest absolute Gasteiger partial charge is 0.268 e. The number of carbonyl (C=O) groups excluding carboxylic acids is 2. The van der Waals surface area contributed by atoms with Crippen molar-refractivity contribution in [3.63, 3.8) is 0 Å². The average Bonchev–Trinajstić information content (AvgIpc) is 3.20. The van der Waals surface area contributed by atoms with Crippen LogP contribution >= 0.6 is 15.9 Å². The maximum atomic E-state index is 12.6. The Morgan fingerprint density at radius 2 is 2.04 bits per heavy atom. The van der Waals surface area contributed by atoms with Crippen molar-refractivity contribution in [1.29, 1.82) is 0 Å². The minimum atomic E-state index is -0.432. The number of nitrogens with zero attached hydrogens (tertiary/aromatic N) is 1. The molecule has 0 fully saturated rings. The molecule has 2 N–H and O–H groups in total. The van der Waals surface area contributed by atoms with E-state index in [2.05, 4.69) is 31.5 Å². The lowest BCUT2D eigenvalue weighted by molar-refractivity contribution is -0.118. The molecule has 136 valence electrons. The number of aromatic nitrogens is 1. The second-order valence-corrected chi connectivity index (χ2v) is 6.49. The van der Waals surface area contributed by atoms with Gasteiger partial charge >= 0.3 is 0 Å². The fourth-order valence-corrected chi connectivity index (χ4v) is 2.69. The molecule has 2 heterocycles. The maximum Gasteiger partial charge on any atom is 0.268 e. The molecule has 0 unspecified atom stereocenters. The molecule has 2 amide bonds. The highest BCUT2D eigenvalue weighted by atomic mass is 79.9. The summed E-state index contributed by atoms with van der Waals surface area (Å²) in [6.07, 6.45) is 6.34. The number of hydrogen-bond acceptors (Lipinski definition) is 4. The van der Waals surface area contributed by atoms with Gasteiger partial charge < -0.3 is 15.1 Å². The SMILES string of the molecule is O=C(NCc1ccco1)C(=Cc1cccnc1)NC(=O)c1cccc(Br)c1. The second kappa shape index (κ2) is 8.95. The van der Waals surface area contributed by atoms with Gasteiger partial charge in [0.15, 0.2) is 0 Å². The Morgan fingerprint density at radius 1 is 1.15 bits per heavy atom. The Hall–Kier alpha value is -3.19. The van der Waals surface area contributed by atoms with E-state index in [0.717, 1.165) is 4.47 Å². The molecule has 0 aliphatic carbocycles. The first-order chi connectivity index (χ1) is 13.1. The standard InChI is InChI=1S/C20H16BrN3O3/c21-16-6-1-5-15(11-16)19(25)24-18(10-14-4-2-8-22-12-14)20(26)23-13-17-7-3-9-27-17/h1-12H,13H2,(H,23,26)(H,24,25). The zero-order valence-electron chi connectivity index (χ0n) is 14.2. The van der Waals surface area contributed by atoms with Crippen LogP contribution in [0.25, 0.3) is 6.08 Å². The minimum Gasteiger partial charge on any atom is -0.467 e. The topological polar surface area (TPSA) is 84.2 Å². The molecule has 0 bridgehead atoms. The van der Waals surface area contributed by atoms with Crippen LogP contribution < -0.4 is 10.6 Å². The van der Waals surface area contributed by atoms with Gasteiger partial charge in [0.25, 0.3) is 11.8 Å². The molecule has 0 atom stereocenters. The quantitative estimate of drug-likeness (QED) is 0.591. The van der Waals surface area contributed by atoms with Crippen molar-refractivity contribution in [2.24, 2.45) is 0 Å². The molecule has 0 radical (unpaired) electrons. The summed E-state index contributed by atoms with van der Waals surface area (Å²) in [7, 11) is 0. The highest BCUT2D eigenvalue weighted by molar-refractivity contribution is 9.10. The second-order valence-electron chi connectivity index (χ2n) is 5.57. The van der Waals surface area contributed by atoms with Crippen molar-refractivity contribution in [1.82, 2.24) is 15.6 Å². The maximum absolute atomic E-state index is 12.6. The number of furan rings is 1. The van der Waals surface area contributed by atoms with Gasteiger partial charge in [-0.25, -0.2) is 0 Å². The summed E-state index contributed by atoms with van der Waals surface area (Å²) in [6, 6.07) is 14.0. The Balaban J connectivity index is 1.79. The Bertz CT molecular complexity index is 954. The first-order valence-corrected chi connectivity index (χ1v) is 8.90. The normalized spacial score (nSPS) is 11.1. The monoisotopic (exact) mass is 425 g/mol. The number of rotatable bonds is 6. The number of halogens is 1. The van der Waals surface area contributed by atoms with Crippen molar-refractivity contribution in [3.05, 3.63) is 94.2 Å². The van der Waals surface area contributed by atoms with E-state index >= 15 is 0 Å². The number of pyridine rings is 1. The Kier molecular flexibility index (Phi) is 6.17. The average molecular weight is 426 g/mol. The molecule has 0 aliphatic rings. The zero-order valence-corrected chi connectivity index (χ0v) is 15.8. The van der Waals surface area contributed by atoms with Crippen LogP contribution in [0.15, 0.2) is 81.8 Å². The zero-order chi connectivity index (χ0) is 19.1. The molecule has 1 aromatic carbocycles. The fraction of sp³-hybridized carbons (Fsp3) is 0.0500. The van der Waals surface area contributed by atoms with E-state index in [1.807, 2.05) is 6.07 Å². The van der Waals surface area contributed by atoms with E-state index in [-0.39, 0.29) is 18.1 Å². The van der Waals surface area contributed by atoms with E-state index in [9.17, 15) is 9.59 Å². The largest absolute Gasteiger partial charge is 0.467 e. The van der Waals surface area contributed by atoms with Gasteiger partial charge in [-0.2, -0.15) is 0 Å². The van der Waals surface area contributed by atoms with Gasteiger partial charge in [0, 0.05) is 22.4 Å². The fourth-order valence-electron chi connectivity index (χ4n) is 2.29. The lowest BCUT2D eigenvalue weighted by Gasteiger charge is -2.11. The summed E-state index contributed by atoms with van der Waals surface area (Å²) in [4.78, 5) is 29.2. The molecule has 3 aromatic rings. The first kappa shape index (κ1) is 18.6. The Morgan fingerprint density at radius 3 is 2.74 bits per heavy atom. The van der Waals surface area contributed by atoms with Crippen molar-refractivity contribution < 1.29 is 14.0 Å². The van der Waals surface area contributed by atoms with Gasteiger partial charge in [0.2, 0.25) is 0 Å². The third-order valence-corrected chi connectivity index (χ3v) is 4.07. The molecule has 3 rings (SSSR count). The van der Waals surface area contributed by atoms with Gasteiger partial charge in [0.05, 0.1) is 12.8 Å². The van der Waals surface area contributed by atoms with Crippen LogP contribution in [0, 0.1) is 0 Å². The summed E-state index contributed by atoms with van der Waals surface area (Å²) in [5.41, 5.74) is 1.23. The molecular formula is C20H16BrN3O3. The molecule has 2 aromatic heterocycles. The van der Waals surface area contributed by atoms with Crippen molar-refractivity contribution in [2.75, 3.05) is 0 Å². The molecule has 6 nitrogen and oxygen atoms in total. The lowest BCUT2D eigenvalue weighted by Crippen LogP contribution is -2.34. The van der Waals surface area contributed by atoms with E-state index in [1.165, 1.54) is 6.26 Å². The third kappa shape index (κ3) is 5.39. The van der Waals surface area contributed by atoms with Gasteiger partial charge in [-0.15, -0.1) is 0 Å². The third-order valence-electron chi connectivity index (χ3n) is 3.58. The van der Waals surface area contributed by atoms with Crippen LogP contribution in [0.4, 0.5) is 0 Å². The summed E-state index contributed by atoms with van der Waals surface area (Å²) < 4.78 is 5.98. The van der Waals surface area contributed by atoms with Gasteiger partial charge in [-0.05, 0) is 48.0 Å². The van der Waals surface area contributed by atoms with Crippen molar-refractivity contribution >= 4 is 33.8 Å². The number of carbonyl (C=O) groups is 2. The Labute approximate surface area is 164 Å². The van der Waals surface area contributed by atoms with Crippen LogP contribution in [-0.4, -0.2) is 16.8 Å². The minimum absolute atomic E-state index is 0.111. The van der Waals surface area contributed by atoms with Crippen LogP contribution in [0.3, 0.4) is 0 Å². The summed E-state index contributed by atoms with van der Waals surface area (Å²) in [6.45, 7) is 0.211. The summed E-state index contributed by atoms with van der Waals surface area (Å²) in [5.74, 6) is -0.208. The summed E-state index contributed by atoms with van der Waals surface area (Å²) >= 11 is 3.33. The number of hydrogen-bond donors (Lipinski definition) is 2. The molecule has 0 saturated heterocycles. The van der Waals surface area contributed by atoms with Crippen LogP contribution in [0.5, 0.6) is 0 Å². The van der Waals surface area contributed by atoms with Crippen molar-refractivity contribution in [2.45, 2.75) is 6.54 Å². The molecule has 0 spiro atoms. The van der Waals surface area contributed by atoms with Crippen molar-refractivity contribution in [3.8, 4) is 0 Å². The molecule has 0 aliphatic heterocycles. The van der Waals surface area contributed by atoms with E-state index < -0.39 is 5.91 Å². The molecular weight excluding hydrogens is 410 g/mol. The van der Waals surface area contributed by atoms with Crippen LogP contribution in [0.1, 0.15) is 21.7 Å². The molecule has 7 heteroatoms. The van der Waals surface area contributed by atoms with Gasteiger partial charge in [-0.3, -0.25) is 14.6 Å². The highest BCUT2D eigenvalue weighted by Crippen LogP contribution is 2.12.